The summed E-state index contributed by atoms with van der Waals surface area (Å²) < 4.78 is 54.7. The molecule has 111 heavy (non-hydrogen) atoms. The van der Waals surface area contributed by atoms with Gasteiger partial charge in [-0.1, -0.05) is 90.8 Å². The number of Topliss-reactive ketones (excluding diaryl/α,β-unsaturated/α-hetero) is 6. The molecule has 1 amide bonds. The van der Waals surface area contributed by atoms with Gasteiger partial charge < -0.3 is 67.5 Å². The summed E-state index contributed by atoms with van der Waals surface area (Å²) in [6, 6.07) is -1.23. The number of amides is 1. The van der Waals surface area contributed by atoms with Crippen molar-refractivity contribution in [1.29, 1.82) is 0 Å². The molecule has 0 aromatic rings. The highest BCUT2D eigenvalue weighted by Crippen LogP contribution is 2.62. The van der Waals surface area contributed by atoms with Gasteiger partial charge in [0, 0.05) is 114 Å². The Labute approximate surface area is 656 Å². The second-order valence-electron chi connectivity index (χ2n) is 33.9. The van der Waals surface area contributed by atoms with E-state index in [9.17, 15) is 63.0 Å². The highest BCUT2D eigenvalue weighted by Gasteiger charge is 2.67. The molecule has 0 aromatic heterocycles. The van der Waals surface area contributed by atoms with Gasteiger partial charge in [0.25, 0.3) is 11.7 Å². The van der Waals surface area contributed by atoms with Crippen LogP contribution < -0.4 is 0 Å². The van der Waals surface area contributed by atoms with E-state index in [2.05, 4.69) is 0 Å². The number of ether oxygens (including phenoxy) is 9. The van der Waals surface area contributed by atoms with Crippen molar-refractivity contribution in [2.45, 2.75) is 264 Å². The zero-order valence-electron chi connectivity index (χ0n) is 68.8. The fourth-order valence-electron chi connectivity index (χ4n) is 18.5. The molecule has 618 valence electrons. The van der Waals surface area contributed by atoms with Crippen LogP contribution in [0.25, 0.3) is 0 Å². The van der Waals surface area contributed by atoms with Gasteiger partial charge in [0.1, 0.15) is 35.6 Å². The molecule has 0 radical (unpaired) electrons. The molecule has 4 aliphatic heterocycles. The number of esters is 4. The number of aliphatic hydroxyl groups excluding tert-OH is 1. The lowest BCUT2D eigenvalue weighted by Crippen LogP contribution is -2.64. The summed E-state index contributed by atoms with van der Waals surface area (Å²) in [5.74, 6) is -14.9. The molecular formula is C86H127N3O22. The van der Waals surface area contributed by atoms with Gasteiger partial charge in [0.05, 0.1) is 48.3 Å². The molecule has 25 heteroatoms. The van der Waals surface area contributed by atoms with E-state index in [0.717, 1.165) is 23.4 Å². The Morgan fingerprint density at radius 1 is 0.757 bits per heavy atom. The molecule has 3 saturated carbocycles. The highest BCUT2D eigenvalue weighted by atomic mass is 16.6. The Morgan fingerprint density at radius 2 is 1.47 bits per heavy atom. The lowest BCUT2D eigenvalue weighted by molar-refractivity contribution is -0.265. The fourth-order valence-corrected chi connectivity index (χ4v) is 18.5. The summed E-state index contributed by atoms with van der Waals surface area (Å²) in [6.45, 7) is 17.4. The highest BCUT2D eigenvalue weighted by molar-refractivity contribution is 6.47. The van der Waals surface area contributed by atoms with E-state index in [-0.39, 0.29) is 112 Å². The van der Waals surface area contributed by atoms with Gasteiger partial charge in [0.2, 0.25) is 17.4 Å². The first kappa shape index (κ1) is 90.0. The molecule has 2 bridgehead atoms. The minimum absolute atomic E-state index is 0.0210. The topological polar surface area (TPSA) is 321 Å². The van der Waals surface area contributed by atoms with Crippen molar-refractivity contribution in [3.63, 3.8) is 0 Å². The Kier molecular flexibility index (Phi) is 32.6. The van der Waals surface area contributed by atoms with Gasteiger partial charge in [-0.2, -0.15) is 0 Å². The second-order valence-corrected chi connectivity index (χ2v) is 33.9. The van der Waals surface area contributed by atoms with Crippen LogP contribution in [0.15, 0.2) is 70.1 Å². The van der Waals surface area contributed by atoms with Crippen molar-refractivity contribution in [2.75, 3.05) is 82.4 Å². The maximum atomic E-state index is 14.9. The molecule has 4 heterocycles. The number of carbonyl (C=O) groups excluding carboxylic acids is 11. The number of aliphatic hydroxyl groups is 2. The SMILES string of the molecule is COC[C@H]1OC(=O)C(CN(C)CCCN(C)C)C2C(=O)C(=O)C3=C4CCC(=O)[C@@]4(C)CC(OC(=O)CCCCCCC(=O)O[C@@H]4C(C)=C[C@@H](C)C(=O)C[C@@H]([C@H](C)C[C@@H]5CC[C@@H](O)[C@H](OC)C5)OC(=O)[C@@H]5CCCCN5C(=O)C(=O)[C@]5(O)O[C@@H](CC[C@H]5C)C[C@H](OC)C(C)=CC=CC=C[C@@H](C)C[C@@H](C)C(=O)[C@@H]4OC)=C3[C@]21C. The van der Waals surface area contributed by atoms with Gasteiger partial charge in [-0.3, -0.25) is 47.9 Å². The number of cyclic esters (lactones) is 2. The normalized spacial score (nSPS) is 34.4. The number of nitrogens with zero attached hydrogens (tertiary/aromatic N) is 3. The van der Waals surface area contributed by atoms with E-state index < -0.39 is 154 Å². The molecule has 8 aliphatic rings. The summed E-state index contributed by atoms with van der Waals surface area (Å²) in [6.07, 6.45) is 11.0. The number of unbranched alkanes of at least 4 members (excludes halogenated alkanes) is 3. The van der Waals surface area contributed by atoms with Crippen molar-refractivity contribution < 1.29 is 106 Å². The first-order chi connectivity index (χ1) is 52.6. The Hall–Kier alpha value is -6.55. The first-order valence-corrected chi connectivity index (χ1v) is 40.6. The third-order valence-corrected chi connectivity index (χ3v) is 25.2. The molecule has 4 aliphatic carbocycles. The zero-order valence-corrected chi connectivity index (χ0v) is 68.8. The average molecular weight is 1550 g/mol. The molecule has 2 N–H and O–H groups in total. The molecule has 25 nitrogen and oxygen atoms in total. The molecule has 6 fully saturated rings. The third kappa shape index (κ3) is 21.3. The molecule has 3 saturated heterocycles. The van der Waals surface area contributed by atoms with Crippen LogP contribution in [0.4, 0.5) is 0 Å². The lowest BCUT2D eigenvalue weighted by Gasteiger charge is -2.54. The minimum Gasteiger partial charge on any atom is -0.460 e. The van der Waals surface area contributed by atoms with Crippen LogP contribution in [0.5, 0.6) is 0 Å². The van der Waals surface area contributed by atoms with E-state index in [1.807, 2.05) is 82.1 Å². The standard InChI is InChI=1S/C86H127N3O22/c1-50-27-20-19-21-28-51(2)64(104-14)45-58-34-32-56(7)86(102,111-58)80(98)81(99)89-40-25-24-29-61(89)83(101)108-65(53(4)43-57-33-36-62(90)66(44-57)105-15)46-63(91)52(3)42-55(6)78(79(106-16)75(95)54(5)41-50)110-71(94)31-23-18-17-22-30-70(93)107-67-47-84(8)60(35-37-68(84)92)72-74(67)85(9)69(49-103-13)109-82(100)59(73(85)77(97)76(72)96)48-88(12)39-26-38-87(10)11/h19-21,27-28,42,50,52-54,56-59,61-62,64-66,69,73,78-79,90,102H,17-18,22-26,29-41,43-49H2,1-16H3/t50-,52-,53-,54-,56-,57+,58+,59?,61+,62-,64+,65+,66-,69-,73?,78-,79+,84+,85+,86-/m1/s1. The van der Waals surface area contributed by atoms with Gasteiger partial charge in [0.15, 0.2) is 18.0 Å². The minimum atomic E-state index is -2.50. The summed E-state index contributed by atoms with van der Waals surface area (Å²) in [4.78, 5) is 165. The number of hydrogen-bond acceptors (Lipinski definition) is 24. The van der Waals surface area contributed by atoms with Crippen LogP contribution >= 0.6 is 0 Å². The van der Waals surface area contributed by atoms with E-state index in [0.29, 0.717) is 107 Å². The van der Waals surface area contributed by atoms with Crippen molar-refractivity contribution in [2.24, 2.45) is 58.2 Å². The van der Waals surface area contributed by atoms with E-state index in [1.54, 1.807) is 61.8 Å². The Balaban J connectivity index is 1.02. The van der Waals surface area contributed by atoms with Crippen LogP contribution in [0.1, 0.15) is 204 Å². The molecule has 0 spiro atoms. The quantitative estimate of drug-likeness (QED) is 0.0316. The maximum Gasteiger partial charge on any atom is 0.329 e. The number of allylic oxidation sites excluding steroid dienone is 9. The van der Waals surface area contributed by atoms with E-state index in [4.69, 9.17) is 42.6 Å². The first-order valence-electron chi connectivity index (χ1n) is 40.6. The Morgan fingerprint density at radius 3 is 2.14 bits per heavy atom. The number of methoxy groups -OCH3 is 4. The number of rotatable bonds is 23. The average Bonchev–Trinajstić information content (AvgIpc) is 1.65. The van der Waals surface area contributed by atoms with E-state index >= 15 is 0 Å². The summed E-state index contributed by atoms with van der Waals surface area (Å²) in [7, 11) is 11.7. The number of fused-ring (bicyclic) bond motifs is 7. The smallest absolute Gasteiger partial charge is 0.329 e. The number of piperidine rings is 1. The predicted molar refractivity (Wildman–Crippen MR) is 411 cm³/mol. The van der Waals surface area contributed by atoms with Crippen molar-refractivity contribution in [3.8, 4) is 0 Å². The third-order valence-electron chi connectivity index (χ3n) is 25.2. The summed E-state index contributed by atoms with van der Waals surface area (Å²) in [5, 5.41) is 22.9. The van der Waals surface area contributed by atoms with E-state index in [1.165, 1.54) is 14.2 Å². The van der Waals surface area contributed by atoms with Crippen LogP contribution in [0.3, 0.4) is 0 Å². The monoisotopic (exact) mass is 1550 g/mol. The summed E-state index contributed by atoms with van der Waals surface area (Å²) in [5.41, 5.74) is -0.586. The zero-order chi connectivity index (χ0) is 81.6. The van der Waals surface area contributed by atoms with Crippen molar-refractivity contribution in [1.82, 2.24) is 14.7 Å². The maximum absolute atomic E-state index is 14.9. The fraction of sp³-hybridized carbons (Fsp3) is 0.733. The molecule has 8 rings (SSSR count). The van der Waals surface area contributed by atoms with Gasteiger partial charge >= 0.3 is 23.9 Å². The molecular weight excluding hydrogens is 1430 g/mol. The van der Waals surface area contributed by atoms with Crippen LogP contribution in [-0.2, 0) is 95.4 Å². The Bertz CT molecular complexity index is 3590. The lowest BCUT2D eigenvalue weighted by atomic mass is 9.51. The molecule has 20 atom stereocenters. The van der Waals surface area contributed by atoms with Gasteiger partial charge in [-0.05, 0) is 179 Å². The van der Waals surface area contributed by atoms with Crippen molar-refractivity contribution in [3.05, 3.63) is 70.1 Å². The second kappa shape index (κ2) is 40.2. The van der Waals surface area contributed by atoms with Crippen LogP contribution in [0, 0.1) is 58.2 Å². The molecule has 2 unspecified atom stereocenters. The predicted octanol–water partition coefficient (Wildman–Crippen LogP) is 9.78. The summed E-state index contributed by atoms with van der Waals surface area (Å²) >= 11 is 0. The number of ketones is 6. The van der Waals surface area contributed by atoms with Gasteiger partial charge in [-0.25, -0.2) is 4.79 Å². The number of hydrogen-bond donors (Lipinski definition) is 2. The van der Waals surface area contributed by atoms with Crippen LogP contribution in [-0.4, -0.2) is 232 Å². The molecule has 0 aromatic carbocycles. The number of carbonyl (C=O) groups is 11. The van der Waals surface area contributed by atoms with Crippen LogP contribution in [0.2, 0.25) is 0 Å². The van der Waals surface area contributed by atoms with Gasteiger partial charge in [-0.15, -0.1) is 0 Å². The van der Waals surface area contributed by atoms with Crippen molar-refractivity contribution >= 4 is 64.5 Å². The largest absolute Gasteiger partial charge is 0.460 e.